The summed E-state index contributed by atoms with van der Waals surface area (Å²) in [7, 11) is 0. The largest absolute Gasteiger partial charge is 0.385 e. The standard InChI is InChI=1S/C15H22O3/c1-13-15(16,9-5-6-10-18-13)12-17-11-14-7-3-2-4-8-14/h2-4,7-8,13,16H,5-6,9-12H2,1H3/t13-,15-/m0/s1. The van der Waals surface area contributed by atoms with E-state index in [9.17, 15) is 5.11 Å². The predicted octanol–water partition coefficient (Wildman–Crippen LogP) is 2.52. The maximum atomic E-state index is 10.5. The van der Waals surface area contributed by atoms with Crippen molar-refractivity contribution in [1.82, 2.24) is 0 Å². The average molecular weight is 250 g/mol. The molecular weight excluding hydrogens is 228 g/mol. The fraction of sp³-hybridized carbons (Fsp3) is 0.600. The summed E-state index contributed by atoms with van der Waals surface area (Å²) in [4.78, 5) is 0. The second-order valence-electron chi connectivity index (χ2n) is 5.05. The van der Waals surface area contributed by atoms with Crippen molar-refractivity contribution in [2.75, 3.05) is 13.2 Å². The molecule has 0 spiro atoms. The third-order valence-electron chi connectivity index (χ3n) is 3.59. The van der Waals surface area contributed by atoms with Gasteiger partial charge in [0.2, 0.25) is 0 Å². The minimum absolute atomic E-state index is 0.157. The lowest BCUT2D eigenvalue weighted by Gasteiger charge is -2.31. The lowest BCUT2D eigenvalue weighted by molar-refractivity contribution is -0.133. The Balaban J connectivity index is 1.84. The number of benzene rings is 1. The van der Waals surface area contributed by atoms with Gasteiger partial charge in [0.05, 0.1) is 19.3 Å². The molecule has 0 radical (unpaired) electrons. The third-order valence-corrected chi connectivity index (χ3v) is 3.59. The lowest BCUT2D eigenvalue weighted by atomic mass is 9.93. The molecule has 18 heavy (non-hydrogen) atoms. The molecule has 1 aliphatic heterocycles. The molecule has 1 heterocycles. The van der Waals surface area contributed by atoms with E-state index in [0.29, 0.717) is 13.2 Å². The Hall–Kier alpha value is -0.900. The van der Waals surface area contributed by atoms with E-state index in [1.807, 2.05) is 37.3 Å². The average Bonchev–Trinajstić information content (AvgIpc) is 2.54. The van der Waals surface area contributed by atoms with Gasteiger partial charge in [0.15, 0.2) is 0 Å². The predicted molar refractivity (Wildman–Crippen MR) is 70.3 cm³/mol. The number of ether oxygens (including phenoxy) is 2. The van der Waals surface area contributed by atoms with Crippen LogP contribution in [0.5, 0.6) is 0 Å². The fourth-order valence-corrected chi connectivity index (χ4v) is 2.26. The monoisotopic (exact) mass is 250 g/mol. The summed E-state index contributed by atoms with van der Waals surface area (Å²) in [5.74, 6) is 0. The van der Waals surface area contributed by atoms with E-state index in [2.05, 4.69) is 0 Å². The molecule has 0 amide bonds. The van der Waals surface area contributed by atoms with Crippen molar-refractivity contribution in [3.63, 3.8) is 0 Å². The van der Waals surface area contributed by atoms with Gasteiger partial charge in [-0.1, -0.05) is 30.3 Å². The first kappa shape index (κ1) is 13.5. The highest BCUT2D eigenvalue weighted by molar-refractivity contribution is 5.13. The third kappa shape index (κ3) is 3.55. The normalized spacial score (nSPS) is 28.9. The number of hydrogen-bond donors (Lipinski definition) is 1. The van der Waals surface area contributed by atoms with E-state index in [4.69, 9.17) is 9.47 Å². The van der Waals surface area contributed by atoms with E-state index in [1.165, 1.54) is 0 Å². The van der Waals surface area contributed by atoms with Gasteiger partial charge in [-0.15, -0.1) is 0 Å². The van der Waals surface area contributed by atoms with Crippen LogP contribution in [0, 0.1) is 0 Å². The van der Waals surface area contributed by atoms with Crippen molar-refractivity contribution in [1.29, 1.82) is 0 Å². The second kappa shape index (κ2) is 6.32. The van der Waals surface area contributed by atoms with Crippen LogP contribution in [0.4, 0.5) is 0 Å². The van der Waals surface area contributed by atoms with Crippen molar-refractivity contribution in [3.05, 3.63) is 35.9 Å². The number of aliphatic hydroxyl groups is 1. The summed E-state index contributed by atoms with van der Waals surface area (Å²) in [5.41, 5.74) is 0.286. The first-order valence-corrected chi connectivity index (χ1v) is 6.66. The van der Waals surface area contributed by atoms with Crippen molar-refractivity contribution in [2.45, 2.75) is 44.5 Å². The van der Waals surface area contributed by atoms with Gasteiger partial charge in [0.1, 0.15) is 5.60 Å². The van der Waals surface area contributed by atoms with Crippen LogP contribution >= 0.6 is 0 Å². The highest BCUT2D eigenvalue weighted by Crippen LogP contribution is 2.25. The van der Waals surface area contributed by atoms with Gasteiger partial charge >= 0.3 is 0 Å². The van der Waals surface area contributed by atoms with Gasteiger partial charge in [-0.3, -0.25) is 0 Å². The van der Waals surface area contributed by atoms with Crippen LogP contribution in [-0.2, 0) is 16.1 Å². The topological polar surface area (TPSA) is 38.7 Å². The molecule has 1 N–H and O–H groups in total. The number of hydrogen-bond acceptors (Lipinski definition) is 3. The van der Waals surface area contributed by atoms with Crippen LogP contribution in [0.15, 0.2) is 30.3 Å². The Morgan fingerprint density at radius 2 is 2.11 bits per heavy atom. The van der Waals surface area contributed by atoms with Crippen LogP contribution in [0.2, 0.25) is 0 Å². The quantitative estimate of drug-likeness (QED) is 0.892. The summed E-state index contributed by atoms with van der Waals surface area (Å²) < 4.78 is 11.2. The first-order chi connectivity index (χ1) is 8.71. The molecule has 0 bridgehead atoms. The molecular formula is C15H22O3. The summed E-state index contributed by atoms with van der Waals surface area (Å²) >= 11 is 0. The van der Waals surface area contributed by atoms with Crippen LogP contribution in [0.1, 0.15) is 31.7 Å². The van der Waals surface area contributed by atoms with Gasteiger partial charge in [-0.2, -0.15) is 0 Å². The number of rotatable bonds is 4. The molecule has 2 rings (SSSR count). The molecule has 1 saturated heterocycles. The van der Waals surface area contributed by atoms with Crippen LogP contribution in [-0.4, -0.2) is 30.0 Å². The van der Waals surface area contributed by atoms with Crippen molar-refractivity contribution < 1.29 is 14.6 Å². The van der Waals surface area contributed by atoms with Gasteiger partial charge in [0, 0.05) is 6.61 Å². The van der Waals surface area contributed by atoms with Crippen LogP contribution in [0.3, 0.4) is 0 Å². The zero-order valence-corrected chi connectivity index (χ0v) is 11.0. The lowest BCUT2D eigenvalue weighted by Crippen LogP contribution is -2.45. The van der Waals surface area contributed by atoms with E-state index < -0.39 is 5.60 Å². The van der Waals surface area contributed by atoms with Gasteiger partial charge in [0.25, 0.3) is 0 Å². The fourth-order valence-electron chi connectivity index (χ4n) is 2.26. The Labute approximate surface area is 109 Å². The molecule has 100 valence electrons. The Morgan fingerprint density at radius 3 is 2.89 bits per heavy atom. The van der Waals surface area contributed by atoms with Crippen molar-refractivity contribution in [2.24, 2.45) is 0 Å². The van der Waals surface area contributed by atoms with Crippen LogP contribution in [0.25, 0.3) is 0 Å². The molecule has 0 saturated carbocycles. The summed E-state index contributed by atoms with van der Waals surface area (Å²) in [5, 5.41) is 10.5. The summed E-state index contributed by atoms with van der Waals surface area (Å²) in [6.45, 7) is 3.54. The van der Waals surface area contributed by atoms with Crippen LogP contribution < -0.4 is 0 Å². The van der Waals surface area contributed by atoms with E-state index >= 15 is 0 Å². The van der Waals surface area contributed by atoms with Gasteiger partial charge < -0.3 is 14.6 Å². The zero-order valence-electron chi connectivity index (χ0n) is 11.0. The maximum Gasteiger partial charge on any atom is 0.114 e. The van der Waals surface area contributed by atoms with E-state index in [1.54, 1.807) is 0 Å². The minimum atomic E-state index is -0.842. The maximum absolute atomic E-state index is 10.5. The molecule has 2 atom stereocenters. The Kier molecular flexibility index (Phi) is 4.75. The molecule has 1 aromatic rings. The molecule has 0 unspecified atom stereocenters. The molecule has 1 aliphatic rings. The van der Waals surface area contributed by atoms with Crippen molar-refractivity contribution >= 4 is 0 Å². The van der Waals surface area contributed by atoms with Gasteiger partial charge in [-0.05, 0) is 31.7 Å². The zero-order chi connectivity index (χ0) is 12.8. The van der Waals surface area contributed by atoms with E-state index in [-0.39, 0.29) is 6.10 Å². The Morgan fingerprint density at radius 1 is 1.33 bits per heavy atom. The molecule has 0 aromatic heterocycles. The SMILES string of the molecule is C[C@@H]1OCCCC[C@]1(O)COCc1ccccc1. The first-order valence-electron chi connectivity index (χ1n) is 6.66. The Bertz CT molecular complexity index is 352. The van der Waals surface area contributed by atoms with Crippen molar-refractivity contribution in [3.8, 4) is 0 Å². The minimum Gasteiger partial charge on any atom is -0.385 e. The molecule has 0 aliphatic carbocycles. The summed E-state index contributed by atoms with van der Waals surface area (Å²) in [6.07, 6.45) is 2.61. The molecule has 3 heteroatoms. The van der Waals surface area contributed by atoms with Gasteiger partial charge in [-0.25, -0.2) is 0 Å². The molecule has 1 fully saturated rings. The second-order valence-corrected chi connectivity index (χ2v) is 5.05. The van der Waals surface area contributed by atoms with E-state index in [0.717, 1.165) is 31.4 Å². The smallest absolute Gasteiger partial charge is 0.114 e. The highest BCUT2D eigenvalue weighted by Gasteiger charge is 2.36. The molecule has 1 aromatic carbocycles. The highest BCUT2D eigenvalue weighted by atomic mass is 16.5. The summed E-state index contributed by atoms with van der Waals surface area (Å²) in [6, 6.07) is 10.0. The molecule has 3 nitrogen and oxygen atoms in total.